The summed E-state index contributed by atoms with van der Waals surface area (Å²) in [5.74, 6) is -0.365. The second-order valence-electron chi connectivity index (χ2n) is 2.36. The Labute approximate surface area is 83.9 Å². The van der Waals surface area contributed by atoms with Crippen molar-refractivity contribution in [1.29, 1.82) is 5.26 Å². The summed E-state index contributed by atoms with van der Waals surface area (Å²) in [4.78, 5) is 16.1. The molecule has 0 unspecified atom stereocenters. The first kappa shape index (κ1) is 9.68. The maximum absolute atomic E-state index is 11.4. The third kappa shape index (κ3) is 2.26. The second kappa shape index (κ2) is 4.01. The van der Waals surface area contributed by atoms with Crippen molar-refractivity contribution < 1.29 is 4.79 Å². The van der Waals surface area contributed by atoms with Gasteiger partial charge in [-0.05, 0) is 22.0 Å². The molecule has 0 N–H and O–H groups in total. The van der Waals surface area contributed by atoms with E-state index < -0.39 is 0 Å². The Hall–Kier alpha value is -1.41. The van der Waals surface area contributed by atoms with Crippen molar-refractivity contribution in [1.82, 2.24) is 9.88 Å². The molecule has 0 aliphatic carbocycles. The van der Waals surface area contributed by atoms with E-state index in [1.54, 1.807) is 18.5 Å². The number of hydrogen-bond donors (Lipinski definition) is 0. The first-order valence-corrected chi connectivity index (χ1v) is 4.23. The standard InChI is InChI=1S/C8H6BrN3O/c1-12(5-10)8(13)6-2-7(9)4-11-3-6/h2-4H,1H3. The fourth-order valence-electron chi connectivity index (χ4n) is 0.768. The number of nitrogens with zero attached hydrogens (tertiary/aromatic N) is 3. The molecule has 0 saturated carbocycles. The third-order valence-electron chi connectivity index (χ3n) is 1.41. The monoisotopic (exact) mass is 239 g/mol. The molecule has 1 aromatic rings. The highest BCUT2D eigenvalue weighted by Crippen LogP contribution is 2.10. The highest BCUT2D eigenvalue weighted by molar-refractivity contribution is 9.10. The molecular formula is C8H6BrN3O. The van der Waals surface area contributed by atoms with Crippen LogP contribution in [0.2, 0.25) is 0 Å². The van der Waals surface area contributed by atoms with E-state index in [2.05, 4.69) is 20.9 Å². The average molecular weight is 240 g/mol. The van der Waals surface area contributed by atoms with Crippen molar-refractivity contribution >= 4 is 21.8 Å². The maximum atomic E-state index is 11.4. The Morgan fingerprint density at radius 2 is 2.38 bits per heavy atom. The molecule has 0 radical (unpaired) electrons. The van der Waals surface area contributed by atoms with Crippen LogP contribution < -0.4 is 0 Å². The SMILES string of the molecule is CN(C#N)C(=O)c1cncc(Br)c1. The lowest BCUT2D eigenvalue weighted by atomic mass is 10.2. The van der Waals surface area contributed by atoms with E-state index >= 15 is 0 Å². The molecule has 13 heavy (non-hydrogen) atoms. The molecule has 1 aromatic heterocycles. The molecule has 0 spiro atoms. The third-order valence-corrected chi connectivity index (χ3v) is 1.84. The van der Waals surface area contributed by atoms with Gasteiger partial charge in [0, 0.05) is 23.9 Å². The highest BCUT2D eigenvalue weighted by Gasteiger charge is 2.10. The second-order valence-corrected chi connectivity index (χ2v) is 3.27. The van der Waals surface area contributed by atoms with Crippen molar-refractivity contribution in [3.8, 4) is 6.19 Å². The Kier molecular flexibility index (Phi) is 2.98. The molecule has 66 valence electrons. The largest absolute Gasteiger partial charge is 0.268 e. The van der Waals surface area contributed by atoms with Crippen LogP contribution in [0.15, 0.2) is 22.9 Å². The number of hydrogen-bond acceptors (Lipinski definition) is 3. The van der Waals surface area contributed by atoms with E-state index in [1.165, 1.54) is 13.2 Å². The number of nitriles is 1. The van der Waals surface area contributed by atoms with Gasteiger partial charge in [0.15, 0.2) is 6.19 Å². The number of amides is 1. The minimum atomic E-state index is -0.365. The summed E-state index contributed by atoms with van der Waals surface area (Å²) >= 11 is 3.19. The number of aromatic nitrogens is 1. The predicted molar refractivity (Wildman–Crippen MR) is 49.6 cm³/mol. The topological polar surface area (TPSA) is 57.0 Å². The fraction of sp³-hybridized carbons (Fsp3) is 0.125. The first-order valence-electron chi connectivity index (χ1n) is 3.43. The molecule has 1 amide bonds. The first-order chi connectivity index (χ1) is 6.15. The van der Waals surface area contributed by atoms with E-state index in [1.807, 2.05) is 0 Å². The lowest BCUT2D eigenvalue weighted by Crippen LogP contribution is -2.21. The van der Waals surface area contributed by atoms with Crippen LogP contribution >= 0.6 is 15.9 Å². The Morgan fingerprint density at radius 1 is 1.69 bits per heavy atom. The summed E-state index contributed by atoms with van der Waals surface area (Å²) in [6.07, 6.45) is 4.71. The molecule has 0 aromatic carbocycles. The van der Waals surface area contributed by atoms with Crippen LogP contribution in [0.4, 0.5) is 0 Å². The zero-order valence-corrected chi connectivity index (χ0v) is 8.45. The Morgan fingerprint density at radius 3 is 2.92 bits per heavy atom. The molecule has 1 heterocycles. The fourth-order valence-corrected chi connectivity index (χ4v) is 1.13. The molecule has 0 aliphatic rings. The van der Waals surface area contributed by atoms with Gasteiger partial charge in [-0.3, -0.25) is 9.78 Å². The molecule has 0 saturated heterocycles. The molecule has 0 atom stereocenters. The minimum Gasteiger partial charge on any atom is -0.268 e. The van der Waals surface area contributed by atoms with Crippen LogP contribution in [0, 0.1) is 11.5 Å². The van der Waals surface area contributed by atoms with Crippen LogP contribution in [-0.4, -0.2) is 22.8 Å². The van der Waals surface area contributed by atoms with E-state index in [4.69, 9.17) is 5.26 Å². The Bertz CT molecular complexity index is 372. The predicted octanol–water partition coefficient (Wildman–Crippen LogP) is 1.40. The van der Waals surface area contributed by atoms with Gasteiger partial charge in [-0.1, -0.05) is 0 Å². The maximum Gasteiger partial charge on any atom is 0.268 e. The van der Waals surface area contributed by atoms with Gasteiger partial charge in [-0.25, -0.2) is 4.90 Å². The summed E-state index contributed by atoms with van der Waals surface area (Å²) in [5, 5.41) is 8.46. The molecule has 0 fully saturated rings. The minimum absolute atomic E-state index is 0.365. The van der Waals surface area contributed by atoms with Gasteiger partial charge in [-0.15, -0.1) is 0 Å². The lowest BCUT2D eigenvalue weighted by Gasteiger charge is -2.05. The van der Waals surface area contributed by atoms with Gasteiger partial charge in [0.05, 0.1) is 5.56 Å². The normalized spacial score (nSPS) is 9.00. The molecule has 1 rings (SSSR count). The van der Waals surface area contributed by atoms with Gasteiger partial charge >= 0.3 is 0 Å². The number of carbonyl (C=O) groups is 1. The van der Waals surface area contributed by atoms with E-state index in [-0.39, 0.29) is 5.91 Å². The molecule has 0 bridgehead atoms. The van der Waals surface area contributed by atoms with Crippen molar-refractivity contribution in [2.45, 2.75) is 0 Å². The zero-order chi connectivity index (χ0) is 9.84. The van der Waals surface area contributed by atoms with Crippen molar-refractivity contribution in [3.05, 3.63) is 28.5 Å². The van der Waals surface area contributed by atoms with Gasteiger partial charge < -0.3 is 0 Å². The van der Waals surface area contributed by atoms with E-state index in [0.717, 1.165) is 4.90 Å². The van der Waals surface area contributed by atoms with Gasteiger partial charge in [0.1, 0.15) is 0 Å². The molecule has 0 aliphatic heterocycles. The number of rotatable bonds is 1. The highest BCUT2D eigenvalue weighted by atomic mass is 79.9. The smallest absolute Gasteiger partial charge is 0.268 e. The summed E-state index contributed by atoms with van der Waals surface area (Å²) in [6.45, 7) is 0. The Balaban J connectivity index is 2.97. The van der Waals surface area contributed by atoms with Crippen LogP contribution in [0.25, 0.3) is 0 Å². The van der Waals surface area contributed by atoms with Crippen molar-refractivity contribution in [2.24, 2.45) is 0 Å². The van der Waals surface area contributed by atoms with Crippen LogP contribution in [0.5, 0.6) is 0 Å². The molecular weight excluding hydrogens is 234 g/mol. The van der Waals surface area contributed by atoms with Crippen LogP contribution in [0.1, 0.15) is 10.4 Å². The van der Waals surface area contributed by atoms with E-state index in [9.17, 15) is 4.79 Å². The summed E-state index contributed by atoms with van der Waals surface area (Å²) in [6, 6.07) is 1.61. The summed E-state index contributed by atoms with van der Waals surface area (Å²) in [7, 11) is 1.41. The number of pyridine rings is 1. The lowest BCUT2D eigenvalue weighted by molar-refractivity contribution is 0.0858. The summed E-state index contributed by atoms with van der Waals surface area (Å²) < 4.78 is 0.713. The number of carbonyl (C=O) groups excluding carboxylic acids is 1. The van der Waals surface area contributed by atoms with E-state index in [0.29, 0.717) is 10.0 Å². The van der Waals surface area contributed by atoms with Gasteiger partial charge in [0.25, 0.3) is 5.91 Å². The van der Waals surface area contributed by atoms with Crippen molar-refractivity contribution in [3.63, 3.8) is 0 Å². The molecule has 5 heteroatoms. The number of halogens is 1. The quantitative estimate of drug-likeness (QED) is 0.550. The molecule has 4 nitrogen and oxygen atoms in total. The van der Waals surface area contributed by atoms with Crippen molar-refractivity contribution in [2.75, 3.05) is 7.05 Å². The zero-order valence-electron chi connectivity index (χ0n) is 6.86. The summed E-state index contributed by atoms with van der Waals surface area (Å²) in [5.41, 5.74) is 0.387. The van der Waals surface area contributed by atoms with Crippen LogP contribution in [-0.2, 0) is 0 Å². The van der Waals surface area contributed by atoms with Gasteiger partial charge in [0.2, 0.25) is 0 Å². The van der Waals surface area contributed by atoms with Gasteiger partial charge in [-0.2, -0.15) is 5.26 Å². The van der Waals surface area contributed by atoms with Crippen LogP contribution in [0.3, 0.4) is 0 Å². The average Bonchev–Trinajstić information content (AvgIpc) is 2.15.